The summed E-state index contributed by atoms with van der Waals surface area (Å²) >= 11 is 6.21. The average Bonchev–Trinajstić information content (AvgIpc) is 2.52. The van der Waals surface area contributed by atoms with Crippen LogP contribution in [-0.2, 0) is 12.5 Å². The number of rotatable bonds is 3. The highest BCUT2D eigenvalue weighted by Gasteiger charge is 2.36. The normalized spacial score (nSPS) is 17.8. The fraction of sp³-hybridized carbons (Fsp3) is 0.556. The summed E-state index contributed by atoms with van der Waals surface area (Å²) in [6, 6.07) is 5.63. The fourth-order valence-corrected chi connectivity index (χ4v) is 4.36. The third kappa shape index (κ3) is 2.45. The van der Waals surface area contributed by atoms with Crippen molar-refractivity contribution in [3.05, 3.63) is 39.4 Å². The van der Waals surface area contributed by atoms with Gasteiger partial charge in [-0.3, -0.25) is 4.79 Å². The van der Waals surface area contributed by atoms with Crippen LogP contribution in [0.15, 0.2) is 23.0 Å². The van der Waals surface area contributed by atoms with Crippen LogP contribution in [-0.4, -0.2) is 9.55 Å². The van der Waals surface area contributed by atoms with Crippen LogP contribution in [0.4, 0.5) is 0 Å². The molecule has 1 aromatic heterocycles. The molecule has 0 amide bonds. The zero-order chi connectivity index (χ0) is 15.7. The Labute approximate surface area is 136 Å². The number of halogens is 1. The summed E-state index contributed by atoms with van der Waals surface area (Å²) in [4.78, 5) is 17.1. The van der Waals surface area contributed by atoms with E-state index in [9.17, 15) is 4.79 Å². The zero-order valence-corrected chi connectivity index (χ0v) is 14.1. The number of fused-ring (bicyclic) bond motifs is 1. The lowest BCUT2D eigenvalue weighted by Crippen LogP contribution is -2.35. The van der Waals surface area contributed by atoms with E-state index in [4.69, 9.17) is 11.6 Å². The smallest absolute Gasteiger partial charge is 0.282 e. The van der Waals surface area contributed by atoms with Crippen molar-refractivity contribution in [3.8, 4) is 0 Å². The van der Waals surface area contributed by atoms with Crippen molar-refractivity contribution in [1.29, 1.82) is 0 Å². The molecular weight excluding hydrogens is 296 g/mol. The maximum absolute atomic E-state index is 12.6. The van der Waals surface area contributed by atoms with Crippen LogP contribution in [0.1, 0.15) is 57.7 Å². The average molecular weight is 319 g/mol. The summed E-state index contributed by atoms with van der Waals surface area (Å²) in [6.07, 6.45) is 8.22. The topological polar surface area (TPSA) is 34.9 Å². The van der Waals surface area contributed by atoms with Gasteiger partial charge in [-0.15, -0.1) is 0 Å². The van der Waals surface area contributed by atoms with Crippen LogP contribution >= 0.6 is 11.6 Å². The Hall–Kier alpha value is -1.35. The first kappa shape index (κ1) is 15.5. The van der Waals surface area contributed by atoms with Crippen LogP contribution in [0.3, 0.4) is 0 Å². The first-order valence-electron chi connectivity index (χ1n) is 8.25. The van der Waals surface area contributed by atoms with Crippen molar-refractivity contribution in [3.63, 3.8) is 0 Å². The van der Waals surface area contributed by atoms with Gasteiger partial charge < -0.3 is 4.57 Å². The Morgan fingerprint density at radius 1 is 1.27 bits per heavy atom. The van der Waals surface area contributed by atoms with Gasteiger partial charge >= 0.3 is 0 Å². The molecule has 1 heterocycles. The molecule has 2 aromatic rings. The minimum atomic E-state index is -0.185. The van der Waals surface area contributed by atoms with Gasteiger partial charge in [-0.1, -0.05) is 50.3 Å². The van der Waals surface area contributed by atoms with Gasteiger partial charge in [-0.05, 0) is 31.4 Å². The van der Waals surface area contributed by atoms with Crippen LogP contribution in [0.25, 0.3) is 10.9 Å². The maximum atomic E-state index is 12.6. The van der Waals surface area contributed by atoms with Crippen molar-refractivity contribution < 1.29 is 0 Å². The van der Waals surface area contributed by atoms with E-state index in [0.717, 1.165) is 37.0 Å². The molecule has 4 heteroatoms. The van der Waals surface area contributed by atoms with Gasteiger partial charge in [-0.2, -0.15) is 4.98 Å². The van der Waals surface area contributed by atoms with Crippen molar-refractivity contribution in [2.75, 3.05) is 0 Å². The second kappa shape index (κ2) is 6.04. The summed E-state index contributed by atoms with van der Waals surface area (Å²) in [6.45, 7) is 2.21. The van der Waals surface area contributed by atoms with Crippen molar-refractivity contribution in [2.24, 2.45) is 7.05 Å². The van der Waals surface area contributed by atoms with E-state index in [1.807, 2.05) is 19.2 Å². The lowest BCUT2D eigenvalue weighted by molar-refractivity contribution is 0.250. The summed E-state index contributed by atoms with van der Waals surface area (Å²) in [5.41, 5.74) is 0.760. The van der Waals surface area contributed by atoms with Crippen LogP contribution in [0.2, 0.25) is 5.02 Å². The van der Waals surface area contributed by atoms with Gasteiger partial charge in [0.1, 0.15) is 5.82 Å². The molecule has 22 heavy (non-hydrogen) atoms. The van der Waals surface area contributed by atoms with Crippen molar-refractivity contribution >= 4 is 22.5 Å². The van der Waals surface area contributed by atoms with Gasteiger partial charge in [0, 0.05) is 12.5 Å². The molecule has 0 unspecified atom stereocenters. The summed E-state index contributed by atoms with van der Waals surface area (Å²) in [5, 5.41) is 1.03. The monoisotopic (exact) mass is 318 g/mol. The molecule has 0 saturated heterocycles. The van der Waals surface area contributed by atoms with Crippen LogP contribution in [0, 0.1) is 0 Å². The number of hydrogen-bond donors (Lipinski definition) is 0. The molecule has 1 fully saturated rings. The molecule has 0 atom stereocenters. The second-order valence-corrected chi connectivity index (χ2v) is 6.93. The number of aryl methyl sites for hydroxylation is 1. The molecule has 0 bridgehead atoms. The minimum absolute atomic E-state index is 0.0530. The molecule has 0 N–H and O–H groups in total. The Kier molecular flexibility index (Phi) is 4.26. The quantitative estimate of drug-likeness (QED) is 0.829. The minimum Gasteiger partial charge on any atom is -0.332 e. The van der Waals surface area contributed by atoms with E-state index in [0.29, 0.717) is 10.4 Å². The van der Waals surface area contributed by atoms with Gasteiger partial charge in [-0.25, -0.2) is 0 Å². The van der Waals surface area contributed by atoms with E-state index in [1.165, 1.54) is 19.3 Å². The summed E-state index contributed by atoms with van der Waals surface area (Å²) < 4.78 is 2.10. The van der Waals surface area contributed by atoms with Crippen molar-refractivity contribution in [1.82, 2.24) is 9.55 Å². The SMILES string of the molecule is CCCC1(c2nc(=O)c3c(Cl)cccc3n2C)CCCCC1. The van der Waals surface area contributed by atoms with Gasteiger partial charge in [0.25, 0.3) is 5.56 Å². The predicted molar refractivity (Wildman–Crippen MR) is 91.7 cm³/mol. The molecule has 1 aromatic carbocycles. The largest absolute Gasteiger partial charge is 0.332 e. The van der Waals surface area contributed by atoms with E-state index in [-0.39, 0.29) is 11.0 Å². The van der Waals surface area contributed by atoms with Crippen LogP contribution in [0.5, 0.6) is 0 Å². The van der Waals surface area contributed by atoms with E-state index < -0.39 is 0 Å². The molecule has 0 radical (unpaired) electrons. The van der Waals surface area contributed by atoms with E-state index in [1.54, 1.807) is 6.07 Å². The van der Waals surface area contributed by atoms with E-state index in [2.05, 4.69) is 16.5 Å². The molecule has 1 aliphatic carbocycles. The Bertz CT molecular complexity index is 739. The first-order chi connectivity index (χ1) is 10.6. The molecule has 0 aliphatic heterocycles. The highest BCUT2D eigenvalue weighted by atomic mass is 35.5. The number of aromatic nitrogens is 2. The van der Waals surface area contributed by atoms with Gasteiger partial charge in [0.05, 0.1) is 15.9 Å². The summed E-state index contributed by atoms with van der Waals surface area (Å²) in [7, 11) is 2.02. The summed E-state index contributed by atoms with van der Waals surface area (Å²) in [5.74, 6) is 0.953. The molecule has 3 rings (SSSR count). The second-order valence-electron chi connectivity index (χ2n) is 6.52. The first-order valence-corrected chi connectivity index (χ1v) is 8.62. The molecular formula is C18H23ClN2O. The van der Waals surface area contributed by atoms with E-state index >= 15 is 0 Å². The molecule has 1 saturated carbocycles. The highest BCUT2D eigenvalue weighted by Crippen LogP contribution is 2.42. The lowest BCUT2D eigenvalue weighted by atomic mass is 9.70. The Morgan fingerprint density at radius 2 is 2.00 bits per heavy atom. The third-order valence-corrected chi connectivity index (χ3v) is 5.42. The Morgan fingerprint density at radius 3 is 2.68 bits per heavy atom. The molecule has 0 spiro atoms. The van der Waals surface area contributed by atoms with Crippen molar-refractivity contribution in [2.45, 2.75) is 57.3 Å². The highest BCUT2D eigenvalue weighted by molar-refractivity contribution is 6.35. The molecule has 1 aliphatic rings. The number of hydrogen-bond acceptors (Lipinski definition) is 2. The maximum Gasteiger partial charge on any atom is 0.282 e. The molecule has 3 nitrogen and oxygen atoms in total. The number of nitrogens with zero attached hydrogens (tertiary/aromatic N) is 2. The number of benzene rings is 1. The molecule has 118 valence electrons. The van der Waals surface area contributed by atoms with Crippen LogP contribution < -0.4 is 5.56 Å². The lowest BCUT2D eigenvalue weighted by Gasteiger charge is -2.38. The zero-order valence-electron chi connectivity index (χ0n) is 13.4. The fourth-order valence-electron chi connectivity index (χ4n) is 4.11. The van der Waals surface area contributed by atoms with Gasteiger partial charge in [0.2, 0.25) is 0 Å². The standard InChI is InChI=1S/C18H23ClN2O/c1-3-10-18(11-5-4-6-12-18)17-20-16(22)15-13(19)8-7-9-14(15)21(17)2/h7-9H,3-6,10-12H2,1-2H3. The third-order valence-electron chi connectivity index (χ3n) is 5.11. The van der Waals surface area contributed by atoms with Gasteiger partial charge in [0.15, 0.2) is 0 Å². The predicted octanol–water partition coefficient (Wildman–Crippen LogP) is 4.59. The Balaban J connectivity index is 2.26.